The topological polar surface area (TPSA) is 73.9 Å². The number of carbonyl (C=O) groups is 2. The molecule has 2 rings (SSSR count). The second kappa shape index (κ2) is 8.19. The molecule has 0 aliphatic heterocycles. The molecule has 0 aliphatic rings. The molecule has 0 saturated heterocycles. The first-order valence-electron chi connectivity index (χ1n) is 7.68. The highest BCUT2D eigenvalue weighted by atomic mass is 16.5. The molecule has 0 saturated carbocycles. The summed E-state index contributed by atoms with van der Waals surface area (Å²) in [5, 5.41) is 2.79. The van der Waals surface area contributed by atoms with E-state index in [2.05, 4.69) is 5.32 Å². The van der Waals surface area contributed by atoms with Crippen LogP contribution < -0.4 is 19.5 Å². The van der Waals surface area contributed by atoms with Gasteiger partial charge < -0.3 is 19.5 Å². The summed E-state index contributed by atoms with van der Waals surface area (Å²) in [7, 11) is 4.57. The van der Waals surface area contributed by atoms with Crippen LogP contribution in [0.15, 0.2) is 36.4 Å². The van der Waals surface area contributed by atoms with Crippen molar-refractivity contribution in [2.45, 2.75) is 13.3 Å². The molecule has 6 nitrogen and oxygen atoms in total. The van der Waals surface area contributed by atoms with Crippen LogP contribution in [-0.2, 0) is 11.2 Å². The Morgan fingerprint density at radius 1 is 0.960 bits per heavy atom. The maximum Gasteiger partial charge on any atom is 0.228 e. The molecule has 1 amide bonds. The molecule has 0 bridgehead atoms. The zero-order valence-corrected chi connectivity index (χ0v) is 14.7. The van der Waals surface area contributed by atoms with Gasteiger partial charge in [-0.05, 0) is 36.8 Å². The van der Waals surface area contributed by atoms with Crippen molar-refractivity contribution in [3.05, 3.63) is 47.5 Å². The zero-order chi connectivity index (χ0) is 18.4. The molecule has 0 unspecified atom stereocenters. The van der Waals surface area contributed by atoms with Gasteiger partial charge in [0.15, 0.2) is 17.3 Å². The van der Waals surface area contributed by atoms with E-state index in [1.54, 1.807) is 36.4 Å². The van der Waals surface area contributed by atoms with Crippen LogP contribution in [0.3, 0.4) is 0 Å². The molecule has 0 fully saturated rings. The molecule has 25 heavy (non-hydrogen) atoms. The van der Waals surface area contributed by atoms with E-state index < -0.39 is 0 Å². The number of anilines is 1. The molecule has 0 radical (unpaired) electrons. The molecule has 6 heteroatoms. The monoisotopic (exact) mass is 343 g/mol. The summed E-state index contributed by atoms with van der Waals surface area (Å²) in [5.74, 6) is 1.19. The van der Waals surface area contributed by atoms with Crippen molar-refractivity contribution in [3.63, 3.8) is 0 Å². The van der Waals surface area contributed by atoms with E-state index in [0.717, 1.165) is 5.56 Å². The summed E-state index contributed by atoms with van der Waals surface area (Å²) in [4.78, 5) is 23.7. The Labute approximate surface area is 146 Å². The molecule has 2 aromatic rings. The molecule has 0 aliphatic carbocycles. The fourth-order valence-corrected chi connectivity index (χ4v) is 2.44. The highest BCUT2D eigenvalue weighted by Crippen LogP contribution is 2.38. The Balaban J connectivity index is 2.17. The lowest BCUT2D eigenvalue weighted by Gasteiger charge is -2.14. The van der Waals surface area contributed by atoms with E-state index in [4.69, 9.17) is 14.2 Å². The van der Waals surface area contributed by atoms with Gasteiger partial charge in [0.25, 0.3) is 0 Å². The molecular formula is C19H21NO5. The third-order valence-corrected chi connectivity index (χ3v) is 3.64. The summed E-state index contributed by atoms with van der Waals surface area (Å²) >= 11 is 0. The molecule has 0 aromatic heterocycles. The number of ketones is 1. The third kappa shape index (κ3) is 4.50. The molecule has 0 spiro atoms. The Hall–Kier alpha value is -3.02. The minimum absolute atomic E-state index is 0.0549. The van der Waals surface area contributed by atoms with Crippen molar-refractivity contribution in [2.75, 3.05) is 26.6 Å². The van der Waals surface area contributed by atoms with Crippen molar-refractivity contribution >= 4 is 17.4 Å². The fourth-order valence-electron chi connectivity index (χ4n) is 2.44. The second-order valence-electron chi connectivity index (χ2n) is 5.40. The fraction of sp³-hybridized carbons (Fsp3) is 0.263. The highest BCUT2D eigenvalue weighted by molar-refractivity contribution is 5.97. The van der Waals surface area contributed by atoms with Crippen LogP contribution in [0.4, 0.5) is 5.69 Å². The second-order valence-corrected chi connectivity index (χ2v) is 5.40. The first-order valence-corrected chi connectivity index (χ1v) is 7.68. The third-order valence-electron chi connectivity index (χ3n) is 3.64. The van der Waals surface area contributed by atoms with Crippen molar-refractivity contribution < 1.29 is 23.8 Å². The van der Waals surface area contributed by atoms with Gasteiger partial charge in [0.1, 0.15) is 0 Å². The summed E-state index contributed by atoms with van der Waals surface area (Å²) < 4.78 is 15.8. The maximum absolute atomic E-state index is 12.3. The molecule has 1 N–H and O–H groups in total. The lowest BCUT2D eigenvalue weighted by molar-refractivity contribution is -0.115. The Morgan fingerprint density at radius 2 is 1.60 bits per heavy atom. The van der Waals surface area contributed by atoms with Crippen LogP contribution in [0.1, 0.15) is 22.8 Å². The zero-order valence-electron chi connectivity index (χ0n) is 14.7. The van der Waals surface area contributed by atoms with Crippen LogP contribution in [0.2, 0.25) is 0 Å². The Morgan fingerprint density at radius 3 is 2.12 bits per heavy atom. The van der Waals surface area contributed by atoms with E-state index >= 15 is 0 Å². The van der Waals surface area contributed by atoms with Crippen molar-refractivity contribution in [3.8, 4) is 17.2 Å². The number of Topliss-reactive ketones (excluding diaryl/α,β-unsaturated/α-hetero) is 1. The first kappa shape index (κ1) is 18.3. The van der Waals surface area contributed by atoms with Gasteiger partial charge in [-0.25, -0.2) is 0 Å². The quantitative estimate of drug-likeness (QED) is 0.782. The number of methoxy groups -OCH3 is 3. The van der Waals surface area contributed by atoms with Gasteiger partial charge in [-0.15, -0.1) is 0 Å². The number of hydrogen-bond acceptors (Lipinski definition) is 5. The van der Waals surface area contributed by atoms with Crippen molar-refractivity contribution in [1.82, 2.24) is 0 Å². The minimum Gasteiger partial charge on any atom is -0.493 e. The minimum atomic E-state index is -0.213. The van der Waals surface area contributed by atoms with Gasteiger partial charge in [0.2, 0.25) is 11.7 Å². The number of carbonyl (C=O) groups excluding carboxylic acids is 2. The Bertz CT molecular complexity index is 760. The van der Waals surface area contributed by atoms with Crippen molar-refractivity contribution in [1.29, 1.82) is 0 Å². The highest BCUT2D eigenvalue weighted by Gasteiger charge is 2.15. The smallest absolute Gasteiger partial charge is 0.228 e. The standard InChI is InChI=1S/C19H21NO5/c1-12(21)14-6-5-7-15(11-14)20-18(22)10-13-8-16(23-2)19(25-4)17(9-13)24-3/h5-9,11H,10H2,1-4H3,(H,20,22). The average Bonchev–Trinajstić information content (AvgIpc) is 2.60. The summed E-state index contributed by atoms with van der Waals surface area (Å²) in [6.07, 6.45) is 0.126. The molecule has 132 valence electrons. The van der Waals surface area contributed by atoms with Gasteiger partial charge in [0, 0.05) is 11.3 Å². The van der Waals surface area contributed by atoms with Gasteiger partial charge in [-0.1, -0.05) is 12.1 Å². The van der Waals surface area contributed by atoms with E-state index in [1.807, 2.05) is 0 Å². The molecule has 0 atom stereocenters. The summed E-state index contributed by atoms with van der Waals surface area (Å²) in [6, 6.07) is 10.3. The number of ether oxygens (including phenoxy) is 3. The molecule has 2 aromatic carbocycles. The number of rotatable bonds is 7. The lowest BCUT2D eigenvalue weighted by Crippen LogP contribution is -2.15. The number of benzene rings is 2. The van der Waals surface area contributed by atoms with Crippen LogP contribution in [-0.4, -0.2) is 33.0 Å². The van der Waals surface area contributed by atoms with E-state index in [0.29, 0.717) is 28.5 Å². The summed E-state index contributed by atoms with van der Waals surface area (Å²) in [6.45, 7) is 1.48. The predicted octanol–water partition coefficient (Wildman–Crippen LogP) is 3.10. The molecular weight excluding hydrogens is 322 g/mol. The van der Waals surface area contributed by atoms with Crippen LogP contribution in [0.5, 0.6) is 17.2 Å². The van der Waals surface area contributed by atoms with E-state index in [9.17, 15) is 9.59 Å². The van der Waals surface area contributed by atoms with E-state index in [-0.39, 0.29) is 18.1 Å². The number of amides is 1. The van der Waals surface area contributed by atoms with Crippen molar-refractivity contribution in [2.24, 2.45) is 0 Å². The van der Waals surface area contributed by atoms with Crippen LogP contribution in [0.25, 0.3) is 0 Å². The van der Waals surface area contributed by atoms with Gasteiger partial charge in [0.05, 0.1) is 27.8 Å². The summed E-state index contributed by atoms with van der Waals surface area (Å²) in [5.41, 5.74) is 1.84. The first-order chi connectivity index (χ1) is 12.0. The van der Waals surface area contributed by atoms with Gasteiger partial charge >= 0.3 is 0 Å². The predicted molar refractivity (Wildman–Crippen MR) is 94.9 cm³/mol. The van der Waals surface area contributed by atoms with Gasteiger partial charge in [-0.2, -0.15) is 0 Å². The average molecular weight is 343 g/mol. The normalized spacial score (nSPS) is 10.1. The van der Waals surface area contributed by atoms with E-state index in [1.165, 1.54) is 28.3 Å². The van der Waals surface area contributed by atoms with Crippen LogP contribution in [0, 0.1) is 0 Å². The maximum atomic E-state index is 12.3. The lowest BCUT2D eigenvalue weighted by atomic mass is 10.1. The number of hydrogen-bond donors (Lipinski definition) is 1. The largest absolute Gasteiger partial charge is 0.493 e. The van der Waals surface area contributed by atoms with Gasteiger partial charge in [-0.3, -0.25) is 9.59 Å². The molecule has 0 heterocycles. The Kier molecular flexibility index (Phi) is 6.00. The SMILES string of the molecule is COc1cc(CC(=O)Nc2cccc(C(C)=O)c2)cc(OC)c1OC. The number of nitrogens with one attached hydrogen (secondary N) is 1. The van der Waals surface area contributed by atoms with Crippen LogP contribution >= 0.6 is 0 Å².